The molecule has 8 nitrogen and oxygen atoms in total. The number of nitro groups is 1. The monoisotopic (exact) mass is 373 g/mol. The van der Waals surface area contributed by atoms with E-state index < -0.39 is 10.9 Å². The van der Waals surface area contributed by atoms with E-state index in [4.69, 9.17) is 4.74 Å². The van der Waals surface area contributed by atoms with Crippen molar-refractivity contribution in [2.75, 3.05) is 0 Å². The standard InChI is InChI=1S/C17H15N3O5S/c1-10(2)25-14(21)7-19-9-18-16-15(17(19)22)13(8-26-16)11-3-5-12(6-4-11)20(23)24/h3-6,8-10H,7H2,1-2H3. The molecular weight excluding hydrogens is 358 g/mol. The second kappa shape index (κ2) is 7.04. The van der Waals surface area contributed by atoms with Crippen molar-refractivity contribution < 1.29 is 14.5 Å². The average Bonchev–Trinajstić information content (AvgIpc) is 3.01. The van der Waals surface area contributed by atoms with E-state index in [0.717, 1.165) is 0 Å². The summed E-state index contributed by atoms with van der Waals surface area (Å²) in [5, 5.41) is 12.9. The Kier molecular flexibility index (Phi) is 4.81. The first-order valence-electron chi connectivity index (χ1n) is 7.77. The minimum absolute atomic E-state index is 0.0275. The molecule has 2 heterocycles. The average molecular weight is 373 g/mol. The number of non-ortho nitro benzene ring substituents is 1. The van der Waals surface area contributed by atoms with Gasteiger partial charge in [0.25, 0.3) is 11.2 Å². The van der Waals surface area contributed by atoms with E-state index in [0.29, 0.717) is 21.3 Å². The molecule has 0 atom stereocenters. The molecule has 0 spiro atoms. The zero-order valence-electron chi connectivity index (χ0n) is 14.0. The lowest BCUT2D eigenvalue weighted by Gasteiger charge is -2.09. The molecule has 0 aliphatic carbocycles. The van der Waals surface area contributed by atoms with Crippen LogP contribution in [-0.4, -0.2) is 26.5 Å². The number of thiophene rings is 1. The number of benzene rings is 1. The van der Waals surface area contributed by atoms with Gasteiger partial charge in [-0.1, -0.05) is 0 Å². The number of hydrogen-bond donors (Lipinski definition) is 0. The highest BCUT2D eigenvalue weighted by Crippen LogP contribution is 2.31. The van der Waals surface area contributed by atoms with Crippen molar-refractivity contribution >= 4 is 33.2 Å². The van der Waals surface area contributed by atoms with Gasteiger partial charge in [-0.05, 0) is 31.5 Å². The molecule has 2 aromatic heterocycles. The van der Waals surface area contributed by atoms with Crippen LogP contribution in [0.3, 0.4) is 0 Å². The van der Waals surface area contributed by atoms with Crippen molar-refractivity contribution in [2.45, 2.75) is 26.5 Å². The molecule has 0 saturated heterocycles. The molecule has 9 heteroatoms. The van der Waals surface area contributed by atoms with Gasteiger partial charge in [0.2, 0.25) is 0 Å². The number of carbonyl (C=O) groups is 1. The van der Waals surface area contributed by atoms with Crippen molar-refractivity contribution in [3.8, 4) is 11.1 Å². The number of esters is 1. The Balaban J connectivity index is 2.02. The first-order valence-corrected chi connectivity index (χ1v) is 8.65. The third-order valence-electron chi connectivity index (χ3n) is 3.62. The van der Waals surface area contributed by atoms with Gasteiger partial charge in [0, 0.05) is 23.1 Å². The van der Waals surface area contributed by atoms with E-state index in [1.165, 1.54) is 34.4 Å². The fourth-order valence-electron chi connectivity index (χ4n) is 2.49. The van der Waals surface area contributed by atoms with Crippen LogP contribution >= 0.6 is 11.3 Å². The van der Waals surface area contributed by atoms with E-state index in [2.05, 4.69) is 4.98 Å². The molecule has 0 aliphatic rings. The number of ether oxygens (including phenoxy) is 1. The fraction of sp³-hybridized carbons (Fsp3) is 0.235. The van der Waals surface area contributed by atoms with Gasteiger partial charge in [0.05, 0.1) is 22.7 Å². The summed E-state index contributed by atoms with van der Waals surface area (Å²) in [5.41, 5.74) is 0.915. The van der Waals surface area contributed by atoms with Crippen LogP contribution in [0.4, 0.5) is 5.69 Å². The Morgan fingerprint density at radius 2 is 2.04 bits per heavy atom. The quantitative estimate of drug-likeness (QED) is 0.387. The molecule has 1 aromatic carbocycles. The Hall–Kier alpha value is -3.07. The summed E-state index contributed by atoms with van der Waals surface area (Å²) < 4.78 is 6.27. The summed E-state index contributed by atoms with van der Waals surface area (Å²) in [7, 11) is 0. The van der Waals surface area contributed by atoms with E-state index in [9.17, 15) is 19.7 Å². The summed E-state index contributed by atoms with van der Waals surface area (Å²) in [6.07, 6.45) is 1.05. The van der Waals surface area contributed by atoms with Crippen molar-refractivity contribution in [2.24, 2.45) is 0 Å². The molecule has 0 bridgehead atoms. The van der Waals surface area contributed by atoms with Gasteiger partial charge in [-0.3, -0.25) is 24.3 Å². The molecule has 0 N–H and O–H groups in total. The van der Waals surface area contributed by atoms with Gasteiger partial charge >= 0.3 is 5.97 Å². The third kappa shape index (κ3) is 3.47. The van der Waals surface area contributed by atoms with Crippen LogP contribution in [0.2, 0.25) is 0 Å². The zero-order chi connectivity index (χ0) is 18.8. The summed E-state index contributed by atoms with van der Waals surface area (Å²) >= 11 is 1.30. The summed E-state index contributed by atoms with van der Waals surface area (Å²) in [4.78, 5) is 39.7. The Morgan fingerprint density at radius 3 is 2.65 bits per heavy atom. The summed E-state index contributed by atoms with van der Waals surface area (Å²) in [5.74, 6) is -0.518. The maximum Gasteiger partial charge on any atom is 0.326 e. The molecule has 0 aliphatic heterocycles. The highest BCUT2D eigenvalue weighted by molar-refractivity contribution is 7.17. The van der Waals surface area contributed by atoms with E-state index in [1.807, 2.05) is 0 Å². The zero-order valence-corrected chi connectivity index (χ0v) is 14.9. The molecule has 0 fully saturated rings. The molecule has 0 saturated carbocycles. The van der Waals surface area contributed by atoms with Crippen molar-refractivity contribution in [3.63, 3.8) is 0 Å². The molecule has 3 aromatic rings. The van der Waals surface area contributed by atoms with Gasteiger partial charge in [0.1, 0.15) is 11.4 Å². The van der Waals surface area contributed by atoms with Crippen LogP contribution < -0.4 is 5.56 Å². The molecule has 0 unspecified atom stereocenters. The van der Waals surface area contributed by atoms with Crippen LogP contribution in [-0.2, 0) is 16.1 Å². The van der Waals surface area contributed by atoms with Crippen LogP contribution in [0.25, 0.3) is 21.3 Å². The highest BCUT2D eigenvalue weighted by atomic mass is 32.1. The van der Waals surface area contributed by atoms with Crippen molar-refractivity contribution in [1.29, 1.82) is 0 Å². The maximum atomic E-state index is 12.8. The number of fused-ring (bicyclic) bond motifs is 1. The molecular formula is C17H15N3O5S. The summed E-state index contributed by atoms with van der Waals surface area (Å²) in [6, 6.07) is 5.94. The third-order valence-corrected chi connectivity index (χ3v) is 4.50. The van der Waals surface area contributed by atoms with Crippen LogP contribution in [0.5, 0.6) is 0 Å². The number of aromatic nitrogens is 2. The first-order chi connectivity index (χ1) is 12.4. The van der Waals surface area contributed by atoms with E-state index in [1.54, 1.807) is 31.4 Å². The second-order valence-corrected chi connectivity index (χ2v) is 6.71. The fourth-order valence-corrected chi connectivity index (χ4v) is 3.40. The molecule has 0 radical (unpaired) electrons. The minimum atomic E-state index is -0.518. The minimum Gasteiger partial charge on any atom is -0.462 e. The van der Waals surface area contributed by atoms with E-state index >= 15 is 0 Å². The van der Waals surface area contributed by atoms with Gasteiger partial charge in [-0.2, -0.15) is 0 Å². The predicted octanol–water partition coefficient (Wildman–Crippen LogP) is 2.98. The van der Waals surface area contributed by atoms with Gasteiger partial charge < -0.3 is 4.74 Å². The van der Waals surface area contributed by atoms with Gasteiger partial charge in [0.15, 0.2) is 0 Å². The molecule has 26 heavy (non-hydrogen) atoms. The maximum absolute atomic E-state index is 12.8. The lowest BCUT2D eigenvalue weighted by molar-refractivity contribution is -0.384. The molecule has 0 amide bonds. The van der Waals surface area contributed by atoms with Crippen LogP contribution in [0, 0.1) is 10.1 Å². The van der Waals surface area contributed by atoms with Crippen molar-refractivity contribution in [1.82, 2.24) is 9.55 Å². The van der Waals surface area contributed by atoms with Gasteiger partial charge in [-0.25, -0.2) is 4.98 Å². The largest absolute Gasteiger partial charge is 0.462 e. The summed E-state index contributed by atoms with van der Waals surface area (Å²) in [6.45, 7) is 3.23. The number of carbonyl (C=O) groups excluding carboxylic acids is 1. The topological polar surface area (TPSA) is 104 Å². The lowest BCUT2D eigenvalue weighted by atomic mass is 10.1. The second-order valence-electron chi connectivity index (χ2n) is 5.85. The number of nitro benzene ring substituents is 1. The van der Waals surface area contributed by atoms with Crippen LogP contribution in [0.15, 0.2) is 40.8 Å². The predicted molar refractivity (Wildman–Crippen MR) is 97.2 cm³/mol. The Morgan fingerprint density at radius 1 is 1.35 bits per heavy atom. The smallest absolute Gasteiger partial charge is 0.326 e. The first kappa shape index (κ1) is 17.7. The van der Waals surface area contributed by atoms with E-state index in [-0.39, 0.29) is 23.9 Å². The number of rotatable bonds is 5. The number of hydrogen-bond acceptors (Lipinski definition) is 7. The SMILES string of the molecule is CC(C)OC(=O)Cn1cnc2scc(-c3ccc([N+](=O)[O-])cc3)c2c1=O. The molecule has 3 rings (SSSR count). The van der Waals surface area contributed by atoms with Gasteiger partial charge in [-0.15, -0.1) is 11.3 Å². The number of nitrogens with zero attached hydrogens (tertiary/aromatic N) is 3. The molecule has 134 valence electrons. The highest BCUT2D eigenvalue weighted by Gasteiger charge is 2.16. The van der Waals surface area contributed by atoms with Crippen LogP contribution in [0.1, 0.15) is 13.8 Å². The normalized spacial score (nSPS) is 11.0. The van der Waals surface area contributed by atoms with Crippen molar-refractivity contribution in [3.05, 3.63) is 56.4 Å². The lowest BCUT2D eigenvalue weighted by Crippen LogP contribution is -2.26. The Labute approximate surface area is 151 Å². The Bertz CT molecular complexity index is 1040.